The smallest absolute Gasteiger partial charge is 0.325 e. The van der Waals surface area contributed by atoms with Crippen molar-refractivity contribution in [3.63, 3.8) is 0 Å². The Balaban J connectivity index is 0.00000144. The summed E-state index contributed by atoms with van der Waals surface area (Å²) in [5.41, 5.74) is 7.55. The molecule has 0 bridgehead atoms. The SMILES string of the molecule is Cc1nn(CC(=O)O)c(C)c1N.Cl. The summed E-state index contributed by atoms with van der Waals surface area (Å²) in [6.45, 7) is 3.36. The number of aryl methyl sites for hydroxylation is 1. The Bertz CT molecular complexity index is 322. The normalized spacial score (nSPS) is 9.38. The van der Waals surface area contributed by atoms with Crippen LogP contribution < -0.4 is 5.73 Å². The number of nitrogens with zero attached hydrogens (tertiary/aromatic N) is 2. The molecule has 1 aromatic rings. The van der Waals surface area contributed by atoms with E-state index < -0.39 is 5.97 Å². The first-order valence-corrected chi connectivity index (χ1v) is 3.53. The molecule has 5 nitrogen and oxygen atoms in total. The standard InChI is InChI=1S/C7H11N3O2.ClH/c1-4-7(8)5(2)10(9-4)3-6(11)12;/h3,8H2,1-2H3,(H,11,12);1H. The number of carboxylic acids is 1. The van der Waals surface area contributed by atoms with Crippen LogP contribution in [0.25, 0.3) is 0 Å². The van der Waals surface area contributed by atoms with Gasteiger partial charge in [0.15, 0.2) is 0 Å². The molecule has 1 aromatic heterocycles. The first kappa shape index (κ1) is 11.8. The van der Waals surface area contributed by atoms with Gasteiger partial charge in [0.2, 0.25) is 0 Å². The average molecular weight is 206 g/mol. The summed E-state index contributed by atoms with van der Waals surface area (Å²) in [6.07, 6.45) is 0. The Hall–Kier alpha value is -1.23. The van der Waals surface area contributed by atoms with Crippen molar-refractivity contribution in [2.24, 2.45) is 0 Å². The summed E-state index contributed by atoms with van der Waals surface area (Å²) in [7, 11) is 0. The predicted molar refractivity (Wildman–Crippen MR) is 51.0 cm³/mol. The lowest BCUT2D eigenvalue weighted by molar-refractivity contribution is -0.137. The quantitative estimate of drug-likeness (QED) is 0.741. The van der Waals surface area contributed by atoms with Crippen LogP contribution in [0.1, 0.15) is 11.4 Å². The highest BCUT2D eigenvalue weighted by Crippen LogP contribution is 2.13. The lowest BCUT2D eigenvalue weighted by atomic mass is 10.3. The van der Waals surface area contributed by atoms with Crippen LogP contribution in [0.2, 0.25) is 0 Å². The Morgan fingerprint density at radius 1 is 1.62 bits per heavy atom. The number of nitrogens with two attached hydrogens (primary N) is 1. The second-order valence-corrected chi connectivity index (χ2v) is 2.64. The van der Waals surface area contributed by atoms with E-state index in [-0.39, 0.29) is 19.0 Å². The van der Waals surface area contributed by atoms with Crippen LogP contribution in [0.5, 0.6) is 0 Å². The third kappa shape index (κ3) is 2.35. The largest absolute Gasteiger partial charge is 0.480 e. The molecule has 0 saturated carbocycles. The summed E-state index contributed by atoms with van der Waals surface area (Å²) in [4.78, 5) is 10.3. The van der Waals surface area contributed by atoms with Crippen LogP contribution in [-0.4, -0.2) is 20.9 Å². The fourth-order valence-corrected chi connectivity index (χ4v) is 0.993. The number of hydrogen-bond acceptors (Lipinski definition) is 3. The van der Waals surface area contributed by atoms with Crippen molar-refractivity contribution in [3.05, 3.63) is 11.4 Å². The molecule has 0 saturated heterocycles. The lowest BCUT2D eigenvalue weighted by Gasteiger charge is -1.98. The molecule has 0 unspecified atom stereocenters. The van der Waals surface area contributed by atoms with Crippen LogP contribution in [0.4, 0.5) is 5.69 Å². The fraction of sp³-hybridized carbons (Fsp3) is 0.429. The van der Waals surface area contributed by atoms with Gasteiger partial charge in [0, 0.05) is 0 Å². The zero-order chi connectivity index (χ0) is 9.30. The number of aliphatic carboxylic acids is 1. The highest BCUT2D eigenvalue weighted by atomic mass is 35.5. The van der Waals surface area contributed by atoms with Gasteiger partial charge in [-0.05, 0) is 13.8 Å². The van der Waals surface area contributed by atoms with Crippen LogP contribution in [0.15, 0.2) is 0 Å². The van der Waals surface area contributed by atoms with E-state index in [4.69, 9.17) is 10.8 Å². The van der Waals surface area contributed by atoms with E-state index >= 15 is 0 Å². The molecular formula is C7H12ClN3O2. The summed E-state index contributed by atoms with van der Waals surface area (Å²) in [5.74, 6) is -0.916. The Labute approximate surface area is 81.9 Å². The number of hydrogen-bond donors (Lipinski definition) is 2. The molecular weight excluding hydrogens is 194 g/mol. The van der Waals surface area contributed by atoms with Gasteiger partial charge < -0.3 is 10.8 Å². The van der Waals surface area contributed by atoms with E-state index in [9.17, 15) is 4.79 Å². The molecule has 0 aliphatic carbocycles. The molecule has 13 heavy (non-hydrogen) atoms. The Morgan fingerprint density at radius 2 is 2.15 bits per heavy atom. The Morgan fingerprint density at radius 3 is 2.46 bits per heavy atom. The number of rotatable bonds is 2. The van der Waals surface area contributed by atoms with Crippen LogP contribution in [0, 0.1) is 13.8 Å². The molecule has 1 heterocycles. The van der Waals surface area contributed by atoms with Gasteiger partial charge in [-0.1, -0.05) is 0 Å². The van der Waals surface area contributed by atoms with E-state index in [2.05, 4.69) is 5.10 Å². The van der Waals surface area contributed by atoms with Gasteiger partial charge in [-0.2, -0.15) is 5.10 Å². The van der Waals surface area contributed by atoms with E-state index in [0.717, 1.165) is 0 Å². The number of carbonyl (C=O) groups is 1. The van der Waals surface area contributed by atoms with Crippen molar-refractivity contribution >= 4 is 24.1 Å². The van der Waals surface area contributed by atoms with Gasteiger partial charge in [0.05, 0.1) is 17.1 Å². The van der Waals surface area contributed by atoms with Crippen molar-refractivity contribution in [3.8, 4) is 0 Å². The zero-order valence-corrected chi connectivity index (χ0v) is 8.26. The summed E-state index contributed by atoms with van der Waals surface area (Å²) >= 11 is 0. The first-order valence-electron chi connectivity index (χ1n) is 3.53. The van der Waals surface area contributed by atoms with Gasteiger partial charge >= 0.3 is 5.97 Å². The van der Waals surface area contributed by atoms with Crippen molar-refractivity contribution in [1.29, 1.82) is 0 Å². The van der Waals surface area contributed by atoms with Crippen molar-refractivity contribution in [2.45, 2.75) is 20.4 Å². The van der Waals surface area contributed by atoms with Gasteiger partial charge in [-0.25, -0.2) is 0 Å². The van der Waals surface area contributed by atoms with Crippen LogP contribution in [-0.2, 0) is 11.3 Å². The molecule has 0 atom stereocenters. The molecule has 0 radical (unpaired) electrons. The highest BCUT2D eigenvalue weighted by molar-refractivity contribution is 5.85. The molecule has 74 valence electrons. The molecule has 0 amide bonds. The molecule has 0 aliphatic heterocycles. The molecule has 0 fully saturated rings. The second kappa shape index (κ2) is 4.13. The molecule has 0 aliphatic rings. The van der Waals surface area contributed by atoms with E-state index in [1.807, 2.05) is 0 Å². The number of anilines is 1. The van der Waals surface area contributed by atoms with Crippen molar-refractivity contribution < 1.29 is 9.90 Å². The minimum atomic E-state index is -0.916. The third-order valence-electron chi connectivity index (χ3n) is 1.72. The van der Waals surface area contributed by atoms with Gasteiger partial charge in [-0.15, -0.1) is 12.4 Å². The van der Waals surface area contributed by atoms with Crippen molar-refractivity contribution in [1.82, 2.24) is 9.78 Å². The van der Waals surface area contributed by atoms with E-state index in [1.54, 1.807) is 13.8 Å². The highest BCUT2D eigenvalue weighted by Gasteiger charge is 2.09. The zero-order valence-electron chi connectivity index (χ0n) is 7.44. The number of aromatic nitrogens is 2. The van der Waals surface area contributed by atoms with E-state index in [1.165, 1.54) is 4.68 Å². The van der Waals surface area contributed by atoms with Gasteiger partial charge in [0.1, 0.15) is 6.54 Å². The van der Waals surface area contributed by atoms with Crippen LogP contribution in [0.3, 0.4) is 0 Å². The summed E-state index contributed by atoms with van der Waals surface area (Å²) in [5, 5.41) is 12.5. The maximum atomic E-state index is 10.3. The second-order valence-electron chi connectivity index (χ2n) is 2.64. The Kier molecular flexibility index (Phi) is 3.74. The molecule has 0 spiro atoms. The van der Waals surface area contributed by atoms with Gasteiger partial charge in [0.25, 0.3) is 0 Å². The summed E-state index contributed by atoms with van der Waals surface area (Å²) < 4.78 is 1.38. The van der Waals surface area contributed by atoms with Crippen molar-refractivity contribution in [2.75, 3.05) is 5.73 Å². The van der Waals surface area contributed by atoms with Gasteiger partial charge in [-0.3, -0.25) is 9.48 Å². The third-order valence-corrected chi connectivity index (χ3v) is 1.72. The topological polar surface area (TPSA) is 81.1 Å². The molecule has 3 N–H and O–H groups in total. The molecule has 1 rings (SSSR count). The number of halogens is 1. The first-order chi connectivity index (χ1) is 5.52. The minimum Gasteiger partial charge on any atom is -0.480 e. The minimum absolute atomic E-state index is 0. The summed E-state index contributed by atoms with van der Waals surface area (Å²) in [6, 6.07) is 0. The van der Waals surface area contributed by atoms with E-state index in [0.29, 0.717) is 17.1 Å². The molecule has 0 aromatic carbocycles. The average Bonchev–Trinajstić information content (AvgIpc) is 2.17. The monoisotopic (exact) mass is 205 g/mol. The number of nitrogen functional groups attached to an aromatic ring is 1. The lowest BCUT2D eigenvalue weighted by Crippen LogP contribution is -2.11. The predicted octanol–water partition coefficient (Wildman–Crippen LogP) is 0.589. The van der Waals surface area contributed by atoms with Crippen LogP contribution >= 0.6 is 12.4 Å². The maximum absolute atomic E-state index is 10.3. The fourth-order valence-electron chi connectivity index (χ4n) is 0.993. The number of carboxylic acid groups (broad SMARTS) is 1. The maximum Gasteiger partial charge on any atom is 0.325 e. The molecule has 6 heteroatoms.